The molecule has 27 heavy (non-hydrogen) atoms. The van der Waals surface area contributed by atoms with Crippen LogP contribution in [0.25, 0.3) is 0 Å². The van der Waals surface area contributed by atoms with Crippen LogP contribution < -0.4 is 5.56 Å². The van der Waals surface area contributed by atoms with Crippen LogP contribution in [0.2, 0.25) is 0 Å². The van der Waals surface area contributed by atoms with Gasteiger partial charge in [-0.05, 0) is 12.5 Å². The number of nitro benzene ring substituents is 1. The lowest BCUT2D eigenvalue weighted by Gasteiger charge is -2.24. The number of likely N-dealkylation sites (N-methyl/N-ethyl adjacent to an activating group) is 1. The van der Waals surface area contributed by atoms with E-state index < -0.39 is 28.2 Å². The predicted molar refractivity (Wildman–Crippen MR) is 99.7 cm³/mol. The Hall–Kier alpha value is -3.29. The van der Waals surface area contributed by atoms with Crippen LogP contribution in [-0.4, -0.2) is 39.7 Å². The number of pyridine rings is 1. The summed E-state index contributed by atoms with van der Waals surface area (Å²) in [4.78, 5) is 50.0. The van der Waals surface area contributed by atoms with Crippen molar-refractivity contribution in [3.05, 3.63) is 74.7 Å². The van der Waals surface area contributed by atoms with Gasteiger partial charge in [-0.2, -0.15) is 0 Å². The molecule has 1 aromatic heterocycles. The Kier molecular flexibility index (Phi) is 6.59. The second-order valence-corrected chi connectivity index (χ2v) is 6.13. The summed E-state index contributed by atoms with van der Waals surface area (Å²) in [7, 11) is 1.57. The summed E-state index contributed by atoms with van der Waals surface area (Å²) in [5, 5.41) is 11.0. The Bertz CT molecular complexity index is 906. The Morgan fingerprint density at radius 1 is 1.22 bits per heavy atom. The molecule has 2 aromatic rings. The first-order chi connectivity index (χ1) is 12.9. The van der Waals surface area contributed by atoms with Gasteiger partial charge >= 0.3 is 0 Å². The fraction of sp³-hybridized carbons (Fsp3) is 0.316. The van der Waals surface area contributed by atoms with E-state index in [0.717, 1.165) is 23.5 Å². The van der Waals surface area contributed by atoms with Crippen LogP contribution in [0.5, 0.6) is 0 Å². The van der Waals surface area contributed by atoms with Crippen LogP contribution in [0.15, 0.2) is 53.5 Å². The van der Waals surface area contributed by atoms with Gasteiger partial charge in [0.1, 0.15) is 0 Å². The van der Waals surface area contributed by atoms with Crippen LogP contribution >= 0.6 is 0 Å². The predicted octanol–water partition coefficient (Wildman–Crippen LogP) is 2.44. The molecule has 2 rings (SSSR count). The first-order valence-corrected chi connectivity index (χ1v) is 8.57. The maximum atomic E-state index is 13.1. The zero-order valence-electron chi connectivity index (χ0n) is 15.2. The lowest BCUT2D eigenvalue weighted by molar-refractivity contribution is -0.384. The highest BCUT2D eigenvalue weighted by Gasteiger charge is 2.32. The highest BCUT2D eigenvalue weighted by atomic mass is 16.6. The van der Waals surface area contributed by atoms with E-state index in [1.807, 2.05) is 6.92 Å². The van der Waals surface area contributed by atoms with Gasteiger partial charge in [0, 0.05) is 43.6 Å². The van der Waals surface area contributed by atoms with Gasteiger partial charge < -0.3 is 4.90 Å². The van der Waals surface area contributed by atoms with Crippen molar-refractivity contribution in [3.8, 4) is 0 Å². The largest absolute Gasteiger partial charge is 0.344 e. The number of benzene rings is 1. The first-order valence-electron chi connectivity index (χ1n) is 8.57. The summed E-state index contributed by atoms with van der Waals surface area (Å²) >= 11 is 0. The number of ketones is 1. The average Bonchev–Trinajstić information content (AvgIpc) is 2.67. The van der Waals surface area contributed by atoms with Crippen molar-refractivity contribution in [3.63, 3.8) is 0 Å². The topological polar surface area (TPSA) is 103 Å². The second kappa shape index (κ2) is 8.88. The summed E-state index contributed by atoms with van der Waals surface area (Å²) < 4.78 is 1.06. The standard InChI is InChI=1S/C19H21N3O5/c1-3-4-11-20(2)19(25)17(21-12-6-5-10-16(21)23)18(24)14-8-7-9-15(13-14)22(26)27/h5-10,12-13,17H,3-4,11H2,1-2H3/t17-/m1/s1. The molecule has 0 saturated carbocycles. The van der Waals surface area contributed by atoms with Gasteiger partial charge in [0.25, 0.3) is 17.2 Å². The minimum Gasteiger partial charge on any atom is -0.344 e. The highest BCUT2D eigenvalue weighted by molar-refractivity contribution is 6.12. The van der Waals surface area contributed by atoms with E-state index in [9.17, 15) is 24.5 Å². The normalized spacial score (nSPS) is 11.6. The third-order valence-corrected chi connectivity index (χ3v) is 4.18. The number of carbonyl (C=O) groups excluding carboxylic acids is 2. The van der Waals surface area contributed by atoms with Crippen molar-refractivity contribution in [1.29, 1.82) is 0 Å². The summed E-state index contributed by atoms with van der Waals surface area (Å²) in [6.45, 7) is 2.42. The molecule has 0 unspecified atom stereocenters. The zero-order valence-corrected chi connectivity index (χ0v) is 15.2. The number of Topliss-reactive ketones (excluding diaryl/α,β-unsaturated/α-hetero) is 1. The van der Waals surface area contributed by atoms with E-state index in [4.69, 9.17) is 0 Å². The quantitative estimate of drug-likeness (QED) is 0.307. The van der Waals surface area contributed by atoms with Crippen LogP contribution in [0.4, 0.5) is 5.69 Å². The van der Waals surface area contributed by atoms with E-state index in [1.54, 1.807) is 13.1 Å². The number of aromatic nitrogens is 1. The van der Waals surface area contributed by atoms with Crippen molar-refractivity contribution in [1.82, 2.24) is 9.47 Å². The van der Waals surface area contributed by atoms with Gasteiger partial charge in [-0.25, -0.2) is 0 Å². The van der Waals surface area contributed by atoms with E-state index in [1.165, 1.54) is 41.4 Å². The number of unbranched alkanes of at least 4 members (excludes halogenated alkanes) is 1. The molecule has 0 aliphatic carbocycles. The fourth-order valence-corrected chi connectivity index (χ4v) is 2.66. The molecule has 0 aliphatic heterocycles. The third-order valence-electron chi connectivity index (χ3n) is 4.18. The van der Waals surface area contributed by atoms with Crippen molar-refractivity contribution >= 4 is 17.4 Å². The smallest absolute Gasteiger partial charge is 0.270 e. The van der Waals surface area contributed by atoms with Gasteiger partial charge in [0.2, 0.25) is 0 Å². The van der Waals surface area contributed by atoms with Crippen molar-refractivity contribution in [2.24, 2.45) is 0 Å². The molecule has 8 heteroatoms. The Labute approximate surface area is 156 Å². The monoisotopic (exact) mass is 371 g/mol. The van der Waals surface area contributed by atoms with Gasteiger partial charge in [0.15, 0.2) is 11.8 Å². The minimum atomic E-state index is -1.41. The Balaban J connectivity index is 2.49. The lowest BCUT2D eigenvalue weighted by atomic mass is 10.0. The van der Waals surface area contributed by atoms with Gasteiger partial charge in [-0.15, -0.1) is 0 Å². The summed E-state index contributed by atoms with van der Waals surface area (Å²) in [6.07, 6.45) is 2.99. The molecule has 1 aromatic carbocycles. The van der Waals surface area contributed by atoms with Crippen LogP contribution in [-0.2, 0) is 4.79 Å². The molecular formula is C19H21N3O5. The lowest BCUT2D eigenvalue weighted by Crippen LogP contribution is -2.42. The Morgan fingerprint density at radius 2 is 1.96 bits per heavy atom. The maximum absolute atomic E-state index is 13.1. The summed E-state index contributed by atoms with van der Waals surface area (Å²) in [5.74, 6) is -1.20. The second-order valence-electron chi connectivity index (χ2n) is 6.13. The molecule has 1 atom stereocenters. The van der Waals surface area contributed by atoms with Crippen molar-refractivity contribution in [2.45, 2.75) is 25.8 Å². The van der Waals surface area contributed by atoms with E-state index in [0.29, 0.717) is 6.54 Å². The molecule has 0 radical (unpaired) electrons. The molecule has 0 spiro atoms. The van der Waals surface area contributed by atoms with Crippen LogP contribution in [0, 0.1) is 10.1 Å². The molecule has 0 N–H and O–H groups in total. The number of carbonyl (C=O) groups is 2. The first kappa shape index (κ1) is 20.0. The van der Waals surface area contributed by atoms with E-state index in [2.05, 4.69) is 0 Å². The molecular weight excluding hydrogens is 350 g/mol. The molecule has 8 nitrogen and oxygen atoms in total. The maximum Gasteiger partial charge on any atom is 0.270 e. The Morgan fingerprint density at radius 3 is 2.59 bits per heavy atom. The molecule has 0 fully saturated rings. The van der Waals surface area contributed by atoms with Crippen LogP contribution in [0.3, 0.4) is 0 Å². The molecule has 1 amide bonds. The minimum absolute atomic E-state index is 0.00203. The number of amides is 1. The number of non-ortho nitro benzene ring substituents is 1. The fourth-order valence-electron chi connectivity index (χ4n) is 2.66. The van der Waals surface area contributed by atoms with E-state index in [-0.39, 0.29) is 11.3 Å². The number of hydrogen-bond acceptors (Lipinski definition) is 5. The number of hydrogen-bond donors (Lipinski definition) is 0. The van der Waals surface area contributed by atoms with Crippen molar-refractivity contribution in [2.75, 3.05) is 13.6 Å². The third kappa shape index (κ3) is 4.66. The van der Waals surface area contributed by atoms with Crippen molar-refractivity contribution < 1.29 is 14.5 Å². The van der Waals surface area contributed by atoms with Gasteiger partial charge in [-0.1, -0.05) is 31.5 Å². The van der Waals surface area contributed by atoms with Gasteiger partial charge in [-0.3, -0.25) is 29.1 Å². The SMILES string of the molecule is CCCCN(C)C(=O)[C@@H](C(=O)c1cccc([N+](=O)[O-])c1)n1ccccc1=O. The zero-order chi connectivity index (χ0) is 20.0. The molecule has 0 saturated heterocycles. The number of nitrogens with zero attached hydrogens (tertiary/aromatic N) is 3. The highest BCUT2D eigenvalue weighted by Crippen LogP contribution is 2.20. The summed E-state index contributed by atoms with van der Waals surface area (Å²) in [5.41, 5.74) is -0.757. The number of nitro groups is 1. The van der Waals surface area contributed by atoms with E-state index >= 15 is 0 Å². The molecule has 142 valence electrons. The average molecular weight is 371 g/mol. The molecule has 1 heterocycles. The molecule has 0 aliphatic rings. The number of rotatable bonds is 8. The molecule has 0 bridgehead atoms. The summed E-state index contributed by atoms with van der Waals surface area (Å²) in [6, 6.07) is 8.05. The van der Waals surface area contributed by atoms with Crippen LogP contribution in [0.1, 0.15) is 36.2 Å². The van der Waals surface area contributed by atoms with Gasteiger partial charge in [0.05, 0.1) is 4.92 Å².